The van der Waals surface area contributed by atoms with Crippen LogP contribution in [0.4, 0.5) is 10.5 Å². The SMILES string of the molecule is Cc1ncc(CNC(=O)Nc2ccc3c(c2)CCC3)s1. The average molecular weight is 287 g/mol. The summed E-state index contributed by atoms with van der Waals surface area (Å²) in [5, 5.41) is 6.75. The summed E-state index contributed by atoms with van der Waals surface area (Å²) in [4.78, 5) is 17.1. The maximum Gasteiger partial charge on any atom is 0.319 e. The fourth-order valence-electron chi connectivity index (χ4n) is 2.48. The summed E-state index contributed by atoms with van der Waals surface area (Å²) in [5.41, 5.74) is 3.64. The number of aryl methyl sites for hydroxylation is 3. The summed E-state index contributed by atoms with van der Waals surface area (Å²) in [7, 11) is 0. The number of nitrogens with zero attached hydrogens (tertiary/aromatic N) is 1. The van der Waals surface area contributed by atoms with Crippen molar-refractivity contribution in [1.29, 1.82) is 0 Å². The quantitative estimate of drug-likeness (QED) is 0.910. The van der Waals surface area contributed by atoms with E-state index in [0.29, 0.717) is 6.54 Å². The largest absolute Gasteiger partial charge is 0.333 e. The lowest BCUT2D eigenvalue weighted by molar-refractivity contribution is 0.252. The highest BCUT2D eigenvalue weighted by Crippen LogP contribution is 2.24. The Morgan fingerprint density at radius 3 is 3.00 bits per heavy atom. The Kier molecular flexibility index (Phi) is 3.69. The molecule has 0 bridgehead atoms. The first kappa shape index (κ1) is 13.1. The van der Waals surface area contributed by atoms with Gasteiger partial charge in [-0.3, -0.25) is 0 Å². The van der Waals surface area contributed by atoms with Crippen molar-refractivity contribution in [2.24, 2.45) is 0 Å². The van der Waals surface area contributed by atoms with Gasteiger partial charge in [0.15, 0.2) is 0 Å². The van der Waals surface area contributed by atoms with Crippen molar-refractivity contribution in [3.8, 4) is 0 Å². The first-order valence-electron chi connectivity index (χ1n) is 6.79. The van der Waals surface area contributed by atoms with E-state index < -0.39 is 0 Å². The van der Waals surface area contributed by atoms with Crippen molar-refractivity contribution >= 4 is 23.1 Å². The highest BCUT2D eigenvalue weighted by atomic mass is 32.1. The van der Waals surface area contributed by atoms with E-state index in [1.54, 1.807) is 17.5 Å². The fourth-order valence-corrected chi connectivity index (χ4v) is 3.21. The van der Waals surface area contributed by atoms with Crippen molar-refractivity contribution in [1.82, 2.24) is 10.3 Å². The molecule has 3 rings (SSSR count). The van der Waals surface area contributed by atoms with Gasteiger partial charge < -0.3 is 10.6 Å². The van der Waals surface area contributed by atoms with Gasteiger partial charge in [-0.15, -0.1) is 11.3 Å². The molecule has 0 aliphatic heterocycles. The molecular formula is C15H17N3OS. The maximum absolute atomic E-state index is 11.9. The van der Waals surface area contributed by atoms with Crippen LogP contribution in [0.3, 0.4) is 0 Å². The van der Waals surface area contributed by atoms with Crippen LogP contribution in [0, 0.1) is 6.92 Å². The summed E-state index contributed by atoms with van der Waals surface area (Å²) in [5.74, 6) is 0. The minimum absolute atomic E-state index is 0.172. The molecule has 0 fully saturated rings. The Labute approximate surface area is 122 Å². The molecule has 0 saturated heterocycles. The van der Waals surface area contributed by atoms with Crippen molar-refractivity contribution in [3.63, 3.8) is 0 Å². The Bertz CT molecular complexity index is 636. The third-order valence-electron chi connectivity index (χ3n) is 3.45. The minimum atomic E-state index is -0.172. The predicted octanol–water partition coefficient (Wildman–Crippen LogP) is 3.26. The standard InChI is InChI=1S/C15H17N3OS/c1-10-16-8-14(20-10)9-17-15(19)18-13-6-5-11-3-2-4-12(11)7-13/h5-8H,2-4,9H2,1H3,(H2,17,18,19). The lowest BCUT2D eigenvalue weighted by atomic mass is 10.1. The van der Waals surface area contributed by atoms with E-state index in [0.717, 1.165) is 28.4 Å². The predicted molar refractivity (Wildman–Crippen MR) is 81.2 cm³/mol. The van der Waals surface area contributed by atoms with Gasteiger partial charge in [-0.1, -0.05) is 6.07 Å². The van der Waals surface area contributed by atoms with Crippen LogP contribution in [0.1, 0.15) is 27.4 Å². The molecule has 2 amide bonds. The van der Waals surface area contributed by atoms with Crippen LogP contribution in [-0.2, 0) is 19.4 Å². The first-order chi connectivity index (χ1) is 9.70. The van der Waals surface area contributed by atoms with Gasteiger partial charge in [-0.25, -0.2) is 9.78 Å². The van der Waals surface area contributed by atoms with E-state index in [1.807, 2.05) is 13.0 Å². The highest BCUT2D eigenvalue weighted by Gasteiger charge is 2.11. The van der Waals surface area contributed by atoms with Crippen molar-refractivity contribution < 1.29 is 4.79 Å². The number of rotatable bonds is 3. The lowest BCUT2D eigenvalue weighted by Crippen LogP contribution is -2.27. The molecule has 4 nitrogen and oxygen atoms in total. The Balaban J connectivity index is 1.56. The smallest absolute Gasteiger partial charge is 0.319 e. The summed E-state index contributed by atoms with van der Waals surface area (Å²) in [6.45, 7) is 2.47. The number of nitrogens with one attached hydrogen (secondary N) is 2. The van der Waals surface area contributed by atoms with Crippen molar-refractivity contribution in [2.75, 3.05) is 5.32 Å². The van der Waals surface area contributed by atoms with Gasteiger partial charge in [0, 0.05) is 16.8 Å². The minimum Gasteiger partial charge on any atom is -0.333 e. The topological polar surface area (TPSA) is 54.0 Å². The molecule has 2 N–H and O–H groups in total. The number of aromatic nitrogens is 1. The van der Waals surface area contributed by atoms with Crippen LogP contribution < -0.4 is 10.6 Å². The van der Waals surface area contributed by atoms with E-state index in [4.69, 9.17) is 0 Å². The van der Waals surface area contributed by atoms with E-state index in [1.165, 1.54) is 17.5 Å². The summed E-state index contributed by atoms with van der Waals surface area (Å²) in [6, 6.07) is 6.00. The second-order valence-electron chi connectivity index (χ2n) is 4.99. The molecule has 1 aliphatic rings. The highest BCUT2D eigenvalue weighted by molar-refractivity contribution is 7.11. The van der Waals surface area contributed by atoms with Gasteiger partial charge in [-0.2, -0.15) is 0 Å². The number of benzene rings is 1. The molecule has 104 valence electrons. The number of urea groups is 1. The third-order valence-corrected chi connectivity index (χ3v) is 4.36. The molecule has 20 heavy (non-hydrogen) atoms. The summed E-state index contributed by atoms with van der Waals surface area (Å²) < 4.78 is 0. The second kappa shape index (κ2) is 5.63. The van der Waals surface area contributed by atoms with Crippen LogP contribution in [0.25, 0.3) is 0 Å². The molecule has 0 spiro atoms. The Hall–Kier alpha value is -1.88. The van der Waals surface area contributed by atoms with Gasteiger partial charge in [0.2, 0.25) is 0 Å². The molecule has 5 heteroatoms. The molecule has 0 radical (unpaired) electrons. The van der Waals surface area contributed by atoms with Crippen molar-refractivity contribution in [3.05, 3.63) is 45.4 Å². The molecule has 1 aliphatic carbocycles. The maximum atomic E-state index is 11.9. The summed E-state index contributed by atoms with van der Waals surface area (Å²) in [6.07, 6.45) is 5.30. The zero-order valence-electron chi connectivity index (χ0n) is 11.4. The average Bonchev–Trinajstić information content (AvgIpc) is 3.04. The Morgan fingerprint density at radius 1 is 1.35 bits per heavy atom. The number of fused-ring (bicyclic) bond motifs is 1. The number of anilines is 1. The number of hydrogen-bond donors (Lipinski definition) is 2. The third kappa shape index (κ3) is 2.99. The first-order valence-corrected chi connectivity index (χ1v) is 7.60. The van der Waals surface area contributed by atoms with E-state index in [9.17, 15) is 4.79 Å². The fraction of sp³-hybridized carbons (Fsp3) is 0.333. The molecule has 1 heterocycles. The van der Waals surface area contributed by atoms with Crippen LogP contribution in [-0.4, -0.2) is 11.0 Å². The molecule has 1 aromatic heterocycles. The molecule has 0 atom stereocenters. The van der Waals surface area contributed by atoms with E-state index in [-0.39, 0.29) is 6.03 Å². The van der Waals surface area contributed by atoms with E-state index >= 15 is 0 Å². The summed E-state index contributed by atoms with van der Waals surface area (Å²) >= 11 is 1.60. The van der Waals surface area contributed by atoms with Crippen molar-refractivity contribution in [2.45, 2.75) is 32.7 Å². The van der Waals surface area contributed by atoms with Gasteiger partial charge in [0.05, 0.1) is 11.6 Å². The zero-order valence-corrected chi connectivity index (χ0v) is 12.2. The molecule has 2 aromatic rings. The molecule has 0 unspecified atom stereocenters. The number of carbonyl (C=O) groups excluding carboxylic acids is 1. The normalized spacial score (nSPS) is 13.1. The molecular weight excluding hydrogens is 270 g/mol. The van der Waals surface area contributed by atoms with Gasteiger partial charge in [-0.05, 0) is 49.4 Å². The lowest BCUT2D eigenvalue weighted by Gasteiger charge is -2.08. The van der Waals surface area contributed by atoms with Crippen LogP contribution in [0.15, 0.2) is 24.4 Å². The monoisotopic (exact) mass is 287 g/mol. The van der Waals surface area contributed by atoms with Crippen LogP contribution in [0.5, 0.6) is 0 Å². The van der Waals surface area contributed by atoms with Gasteiger partial charge in [0.25, 0.3) is 0 Å². The number of hydrogen-bond acceptors (Lipinski definition) is 3. The Morgan fingerprint density at radius 2 is 2.20 bits per heavy atom. The second-order valence-corrected chi connectivity index (χ2v) is 6.31. The van der Waals surface area contributed by atoms with E-state index in [2.05, 4.69) is 27.8 Å². The number of carbonyl (C=O) groups is 1. The number of amides is 2. The molecule has 0 saturated carbocycles. The van der Waals surface area contributed by atoms with Gasteiger partial charge in [0.1, 0.15) is 0 Å². The number of thiazole rings is 1. The van der Waals surface area contributed by atoms with Crippen LogP contribution >= 0.6 is 11.3 Å². The van der Waals surface area contributed by atoms with Gasteiger partial charge >= 0.3 is 6.03 Å². The zero-order chi connectivity index (χ0) is 13.9. The molecule has 1 aromatic carbocycles. The van der Waals surface area contributed by atoms with Crippen LogP contribution in [0.2, 0.25) is 0 Å².